The number of nitrogens with one attached hydrogen (secondary N) is 1. The van der Waals surface area contributed by atoms with Gasteiger partial charge in [-0.15, -0.1) is 0 Å². The predicted molar refractivity (Wildman–Crippen MR) is 89.5 cm³/mol. The highest BCUT2D eigenvalue weighted by Crippen LogP contribution is 2.30. The van der Waals surface area contributed by atoms with Gasteiger partial charge in [-0.2, -0.15) is 0 Å². The molecule has 4 heteroatoms. The smallest absolute Gasteiger partial charge is 0.317 e. The summed E-state index contributed by atoms with van der Waals surface area (Å²) in [4.78, 5) is 13.6. The molecule has 1 N–H and O–H groups in total. The summed E-state index contributed by atoms with van der Waals surface area (Å²) in [6.07, 6.45) is 2.11. The minimum Gasteiger partial charge on any atom is -0.493 e. The number of nitrogens with zero attached hydrogens (tertiary/aromatic N) is 1. The average molecular weight is 308 g/mol. The number of carbonyl (C=O) groups excluding carboxylic acids is 1. The Kier molecular flexibility index (Phi) is 3.66. The second-order valence-electron chi connectivity index (χ2n) is 6.12. The first-order valence-electron chi connectivity index (χ1n) is 8.17. The molecule has 0 bridgehead atoms. The fourth-order valence-electron chi connectivity index (χ4n) is 2.99. The van der Waals surface area contributed by atoms with E-state index in [1.165, 1.54) is 16.7 Å². The van der Waals surface area contributed by atoms with Gasteiger partial charge in [0.1, 0.15) is 5.75 Å². The van der Waals surface area contributed by atoms with E-state index in [0.29, 0.717) is 6.54 Å². The van der Waals surface area contributed by atoms with Gasteiger partial charge in [-0.1, -0.05) is 30.3 Å². The summed E-state index contributed by atoms with van der Waals surface area (Å²) < 4.78 is 5.55. The van der Waals surface area contributed by atoms with Crippen LogP contribution in [-0.2, 0) is 13.0 Å². The van der Waals surface area contributed by atoms with Crippen LogP contribution in [0.3, 0.4) is 0 Å². The van der Waals surface area contributed by atoms with Crippen LogP contribution >= 0.6 is 0 Å². The van der Waals surface area contributed by atoms with Gasteiger partial charge in [-0.25, -0.2) is 4.79 Å². The van der Waals surface area contributed by atoms with Crippen LogP contribution in [0, 0.1) is 0 Å². The molecule has 118 valence electrons. The molecule has 0 aliphatic carbocycles. The van der Waals surface area contributed by atoms with Gasteiger partial charge < -0.3 is 15.0 Å². The summed E-state index contributed by atoms with van der Waals surface area (Å²) in [5.74, 6) is 1.01. The number of amides is 2. The SMILES string of the molecule is O=C(NCc1ccc(-c2ccc3c(c2)CCO3)cc1)N1CCC1. The van der Waals surface area contributed by atoms with Crippen molar-refractivity contribution in [2.75, 3.05) is 19.7 Å². The molecule has 2 amide bonds. The molecule has 4 nitrogen and oxygen atoms in total. The van der Waals surface area contributed by atoms with Crippen LogP contribution in [-0.4, -0.2) is 30.6 Å². The molecular weight excluding hydrogens is 288 g/mol. The number of hydrogen-bond donors (Lipinski definition) is 1. The number of rotatable bonds is 3. The van der Waals surface area contributed by atoms with Gasteiger partial charge in [0, 0.05) is 26.1 Å². The van der Waals surface area contributed by atoms with Crippen molar-refractivity contribution < 1.29 is 9.53 Å². The van der Waals surface area contributed by atoms with Crippen LogP contribution in [0.1, 0.15) is 17.5 Å². The summed E-state index contributed by atoms with van der Waals surface area (Å²) in [6, 6.07) is 14.8. The molecule has 2 aromatic carbocycles. The average Bonchev–Trinajstić information content (AvgIpc) is 2.99. The fraction of sp³-hybridized carbons (Fsp3) is 0.316. The summed E-state index contributed by atoms with van der Waals surface area (Å²) in [7, 11) is 0. The Balaban J connectivity index is 1.42. The lowest BCUT2D eigenvalue weighted by molar-refractivity contribution is 0.167. The molecule has 23 heavy (non-hydrogen) atoms. The van der Waals surface area contributed by atoms with Crippen LogP contribution in [0.15, 0.2) is 42.5 Å². The fourth-order valence-corrected chi connectivity index (χ4v) is 2.99. The molecule has 4 rings (SSSR count). The first-order chi connectivity index (χ1) is 11.3. The lowest BCUT2D eigenvalue weighted by Crippen LogP contribution is -2.47. The number of fused-ring (bicyclic) bond motifs is 1. The molecule has 0 unspecified atom stereocenters. The van der Waals surface area contributed by atoms with Gasteiger partial charge in [-0.3, -0.25) is 0 Å². The van der Waals surface area contributed by atoms with Crippen molar-refractivity contribution in [2.24, 2.45) is 0 Å². The Labute approximate surface area is 136 Å². The Hall–Kier alpha value is -2.49. The number of hydrogen-bond acceptors (Lipinski definition) is 2. The number of benzene rings is 2. The van der Waals surface area contributed by atoms with E-state index < -0.39 is 0 Å². The number of likely N-dealkylation sites (tertiary alicyclic amines) is 1. The molecule has 0 spiro atoms. The van der Waals surface area contributed by atoms with Gasteiger partial charge >= 0.3 is 6.03 Å². The van der Waals surface area contributed by atoms with E-state index in [2.05, 4.69) is 47.8 Å². The second-order valence-corrected chi connectivity index (χ2v) is 6.12. The molecule has 0 saturated carbocycles. The maximum absolute atomic E-state index is 11.8. The maximum atomic E-state index is 11.8. The molecule has 2 aliphatic rings. The first kappa shape index (κ1) is 14.1. The largest absolute Gasteiger partial charge is 0.493 e. The highest BCUT2D eigenvalue weighted by Gasteiger charge is 2.19. The standard InChI is InChI=1S/C19H20N2O2/c22-19(21-9-1-10-21)20-13-14-2-4-15(5-3-14)16-6-7-18-17(12-16)8-11-23-18/h2-7,12H,1,8-11,13H2,(H,20,22). The van der Waals surface area contributed by atoms with E-state index in [9.17, 15) is 4.79 Å². The predicted octanol–water partition coefficient (Wildman–Crippen LogP) is 3.20. The van der Waals surface area contributed by atoms with Crippen molar-refractivity contribution in [1.82, 2.24) is 10.2 Å². The first-order valence-corrected chi connectivity index (χ1v) is 8.17. The molecule has 1 saturated heterocycles. The third-order valence-electron chi connectivity index (χ3n) is 4.56. The maximum Gasteiger partial charge on any atom is 0.317 e. The lowest BCUT2D eigenvalue weighted by Gasteiger charge is -2.30. The molecule has 2 aromatic rings. The quantitative estimate of drug-likeness (QED) is 0.946. The van der Waals surface area contributed by atoms with Crippen LogP contribution in [0.25, 0.3) is 11.1 Å². The summed E-state index contributed by atoms with van der Waals surface area (Å²) in [5.41, 5.74) is 4.81. The minimum absolute atomic E-state index is 0.0407. The second kappa shape index (κ2) is 5.95. The van der Waals surface area contributed by atoms with E-state index >= 15 is 0 Å². The topological polar surface area (TPSA) is 41.6 Å². The van der Waals surface area contributed by atoms with Crippen LogP contribution < -0.4 is 10.1 Å². The normalized spacial score (nSPS) is 15.6. The highest BCUT2D eigenvalue weighted by atomic mass is 16.5. The van der Waals surface area contributed by atoms with Crippen molar-refractivity contribution in [3.05, 3.63) is 53.6 Å². The molecule has 0 atom stereocenters. The van der Waals surface area contributed by atoms with Crippen LogP contribution in [0.4, 0.5) is 4.79 Å². The monoisotopic (exact) mass is 308 g/mol. The van der Waals surface area contributed by atoms with Crippen molar-refractivity contribution in [1.29, 1.82) is 0 Å². The summed E-state index contributed by atoms with van der Waals surface area (Å²) >= 11 is 0. The van der Waals surface area contributed by atoms with E-state index in [1.54, 1.807) is 0 Å². The number of urea groups is 1. The third-order valence-corrected chi connectivity index (χ3v) is 4.56. The van der Waals surface area contributed by atoms with Crippen LogP contribution in [0.5, 0.6) is 5.75 Å². The van der Waals surface area contributed by atoms with Gasteiger partial charge in [0.25, 0.3) is 0 Å². The molecule has 0 radical (unpaired) electrons. The highest BCUT2D eigenvalue weighted by molar-refractivity contribution is 5.75. The third kappa shape index (κ3) is 2.89. The lowest BCUT2D eigenvalue weighted by atomic mass is 10.0. The summed E-state index contributed by atoms with van der Waals surface area (Å²) in [5, 5.41) is 2.96. The Bertz CT molecular complexity index is 721. The Morgan fingerprint density at radius 1 is 1.09 bits per heavy atom. The van der Waals surface area contributed by atoms with E-state index in [4.69, 9.17) is 4.74 Å². The molecule has 2 heterocycles. The Morgan fingerprint density at radius 2 is 1.87 bits per heavy atom. The van der Waals surface area contributed by atoms with Gasteiger partial charge in [0.15, 0.2) is 0 Å². The van der Waals surface area contributed by atoms with Crippen molar-refractivity contribution in [2.45, 2.75) is 19.4 Å². The van der Waals surface area contributed by atoms with E-state index in [0.717, 1.165) is 43.9 Å². The van der Waals surface area contributed by atoms with Gasteiger partial charge in [0.2, 0.25) is 0 Å². The van der Waals surface area contributed by atoms with Gasteiger partial charge in [-0.05, 0) is 40.8 Å². The van der Waals surface area contributed by atoms with Gasteiger partial charge in [0.05, 0.1) is 6.61 Å². The molecule has 0 aromatic heterocycles. The number of ether oxygens (including phenoxy) is 1. The van der Waals surface area contributed by atoms with E-state index in [1.807, 2.05) is 4.90 Å². The number of carbonyl (C=O) groups is 1. The van der Waals surface area contributed by atoms with Crippen LogP contribution in [0.2, 0.25) is 0 Å². The summed E-state index contributed by atoms with van der Waals surface area (Å²) in [6.45, 7) is 3.13. The Morgan fingerprint density at radius 3 is 2.61 bits per heavy atom. The van der Waals surface area contributed by atoms with Crippen molar-refractivity contribution in [3.8, 4) is 16.9 Å². The van der Waals surface area contributed by atoms with Crippen molar-refractivity contribution >= 4 is 6.03 Å². The van der Waals surface area contributed by atoms with E-state index in [-0.39, 0.29) is 6.03 Å². The van der Waals surface area contributed by atoms with Crippen molar-refractivity contribution in [3.63, 3.8) is 0 Å². The zero-order chi connectivity index (χ0) is 15.6. The molecule has 2 aliphatic heterocycles. The zero-order valence-electron chi connectivity index (χ0n) is 13.0. The molecule has 1 fully saturated rings. The zero-order valence-corrected chi connectivity index (χ0v) is 13.0. The minimum atomic E-state index is 0.0407. The molecular formula is C19H20N2O2.